The number of benzene rings is 2. The number of hydrogen-bond acceptors (Lipinski definition) is 3. The first kappa shape index (κ1) is 19.0. The number of nitrogens with one attached hydrogen (secondary N) is 1. The fourth-order valence-corrected chi connectivity index (χ4v) is 2.74. The molecule has 8 heteroatoms. The van der Waals surface area contributed by atoms with E-state index in [4.69, 9.17) is 4.74 Å². The molecule has 2 amide bonds. The van der Waals surface area contributed by atoms with Crippen LogP contribution in [0.5, 0.6) is 5.75 Å². The minimum atomic E-state index is -3.32. The maximum atomic E-state index is 13.6. The van der Waals surface area contributed by atoms with Crippen molar-refractivity contribution in [2.45, 2.75) is 25.1 Å². The lowest BCUT2D eigenvalue weighted by Crippen LogP contribution is -2.54. The van der Waals surface area contributed by atoms with Gasteiger partial charge in [0.2, 0.25) is 0 Å². The van der Waals surface area contributed by atoms with Gasteiger partial charge in [0.15, 0.2) is 0 Å². The van der Waals surface area contributed by atoms with Gasteiger partial charge in [-0.1, -0.05) is 12.1 Å². The van der Waals surface area contributed by atoms with E-state index in [1.165, 1.54) is 24.3 Å². The molecular formula is C19H19F3N2O3. The van der Waals surface area contributed by atoms with Crippen LogP contribution in [0.4, 0.5) is 23.7 Å². The Balaban J connectivity index is 1.58. The third kappa shape index (κ3) is 4.91. The van der Waals surface area contributed by atoms with Crippen molar-refractivity contribution < 1.29 is 27.8 Å². The number of aliphatic hydroxyl groups is 1. The molecule has 1 atom stereocenters. The second-order valence-electron chi connectivity index (χ2n) is 6.36. The van der Waals surface area contributed by atoms with E-state index in [0.717, 1.165) is 10.5 Å². The molecule has 2 aromatic carbocycles. The molecule has 0 saturated carbocycles. The van der Waals surface area contributed by atoms with Crippen LogP contribution < -0.4 is 10.1 Å². The molecule has 1 aliphatic heterocycles. The Bertz CT molecular complexity index is 799. The fraction of sp³-hybridized carbons (Fsp3) is 0.316. The molecular weight excluding hydrogens is 361 g/mol. The number of amides is 2. The number of carbonyl (C=O) groups excluding carboxylic acids is 1. The average molecular weight is 380 g/mol. The first-order valence-corrected chi connectivity index (χ1v) is 8.42. The number of alkyl halides is 2. The Kier molecular flexibility index (Phi) is 5.55. The van der Waals surface area contributed by atoms with E-state index >= 15 is 0 Å². The normalized spacial score (nSPS) is 18.8. The van der Waals surface area contributed by atoms with E-state index in [-0.39, 0.29) is 25.4 Å². The fourth-order valence-electron chi connectivity index (χ4n) is 2.74. The van der Waals surface area contributed by atoms with E-state index < -0.39 is 24.6 Å². The van der Waals surface area contributed by atoms with Crippen molar-refractivity contribution in [1.29, 1.82) is 0 Å². The number of likely N-dealkylation sites (tertiary alicyclic amines) is 1. The van der Waals surface area contributed by atoms with Crippen LogP contribution in [0.2, 0.25) is 0 Å². The molecule has 1 unspecified atom stereocenters. The van der Waals surface area contributed by atoms with Gasteiger partial charge in [-0.25, -0.2) is 18.0 Å². The molecule has 1 saturated heterocycles. The Morgan fingerprint density at radius 3 is 2.70 bits per heavy atom. The molecule has 0 aliphatic carbocycles. The van der Waals surface area contributed by atoms with Crippen molar-refractivity contribution in [2.24, 2.45) is 0 Å². The molecule has 1 fully saturated rings. The number of hydrogen-bond donors (Lipinski definition) is 2. The molecule has 2 aromatic rings. The van der Waals surface area contributed by atoms with E-state index in [1.807, 2.05) is 0 Å². The summed E-state index contributed by atoms with van der Waals surface area (Å²) in [6, 6.07) is 11.7. The molecule has 144 valence electrons. The van der Waals surface area contributed by atoms with Crippen molar-refractivity contribution in [1.82, 2.24) is 4.90 Å². The van der Waals surface area contributed by atoms with Gasteiger partial charge >= 0.3 is 6.03 Å². The number of carbonyl (C=O) groups is 1. The van der Waals surface area contributed by atoms with Gasteiger partial charge in [-0.3, -0.25) is 0 Å². The average Bonchev–Trinajstić information content (AvgIpc) is 2.64. The van der Waals surface area contributed by atoms with Crippen molar-refractivity contribution in [3.8, 4) is 5.75 Å². The van der Waals surface area contributed by atoms with Crippen molar-refractivity contribution >= 4 is 11.7 Å². The Morgan fingerprint density at radius 1 is 1.26 bits per heavy atom. The van der Waals surface area contributed by atoms with Crippen LogP contribution in [0.15, 0.2) is 48.5 Å². The van der Waals surface area contributed by atoms with Gasteiger partial charge in [-0.05, 0) is 48.4 Å². The van der Waals surface area contributed by atoms with Crippen molar-refractivity contribution in [3.63, 3.8) is 0 Å². The number of ether oxygens (including phenoxy) is 1. The summed E-state index contributed by atoms with van der Waals surface area (Å²) in [7, 11) is 0. The van der Waals surface area contributed by atoms with Gasteiger partial charge in [0.25, 0.3) is 5.92 Å². The standard InChI is InChI=1S/C19H19F3N2O3/c20-14-4-6-16(7-5-14)27-11-13-2-1-3-15(10-13)23-18(26)24-9-8-17(25)19(21,22)12-24/h1-7,10,17,25H,8-9,11-12H2,(H,23,26). The van der Waals surface area contributed by atoms with Gasteiger partial charge in [0.05, 0.1) is 6.54 Å². The van der Waals surface area contributed by atoms with Crippen LogP contribution in [0.3, 0.4) is 0 Å². The van der Waals surface area contributed by atoms with Gasteiger partial charge in [0.1, 0.15) is 24.3 Å². The van der Waals surface area contributed by atoms with Gasteiger partial charge in [-0.2, -0.15) is 0 Å². The first-order valence-electron chi connectivity index (χ1n) is 8.42. The topological polar surface area (TPSA) is 61.8 Å². The molecule has 0 bridgehead atoms. The molecule has 1 heterocycles. The highest BCUT2D eigenvalue weighted by Crippen LogP contribution is 2.27. The summed E-state index contributed by atoms with van der Waals surface area (Å²) in [4.78, 5) is 13.2. The highest BCUT2D eigenvalue weighted by atomic mass is 19.3. The van der Waals surface area contributed by atoms with Crippen molar-refractivity contribution in [3.05, 3.63) is 59.9 Å². The molecule has 0 aromatic heterocycles. The summed E-state index contributed by atoms with van der Waals surface area (Å²) in [5.41, 5.74) is 1.19. The van der Waals surface area contributed by atoms with Crippen LogP contribution >= 0.6 is 0 Å². The highest BCUT2D eigenvalue weighted by molar-refractivity contribution is 5.89. The Labute approximate surface area is 154 Å². The minimum absolute atomic E-state index is 0.0515. The number of halogens is 3. The first-order chi connectivity index (χ1) is 12.8. The van der Waals surface area contributed by atoms with Crippen LogP contribution in [0.25, 0.3) is 0 Å². The summed E-state index contributed by atoms with van der Waals surface area (Å²) in [5, 5.41) is 11.9. The van der Waals surface area contributed by atoms with Gasteiger partial charge < -0.3 is 20.1 Å². The third-order valence-electron chi connectivity index (χ3n) is 4.25. The lowest BCUT2D eigenvalue weighted by atomic mass is 10.0. The zero-order valence-electron chi connectivity index (χ0n) is 14.4. The number of aliphatic hydroxyl groups excluding tert-OH is 1. The Hall–Kier alpha value is -2.74. The highest BCUT2D eigenvalue weighted by Gasteiger charge is 2.45. The maximum absolute atomic E-state index is 13.6. The smallest absolute Gasteiger partial charge is 0.322 e. The maximum Gasteiger partial charge on any atom is 0.322 e. The number of piperidine rings is 1. The minimum Gasteiger partial charge on any atom is -0.489 e. The summed E-state index contributed by atoms with van der Waals surface area (Å²) in [6.07, 6.45) is -1.90. The van der Waals surface area contributed by atoms with Crippen LogP contribution in [0.1, 0.15) is 12.0 Å². The molecule has 2 N–H and O–H groups in total. The summed E-state index contributed by atoms with van der Waals surface area (Å²) >= 11 is 0. The van der Waals surface area contributed by atoms with E-state index in [2.05, 4.69) is 5.32 Å². The zero-order chi connectivity index (χ0) is 19.4. The number of urea groups is 1. The second kappa shape index (κ2) is 7.87. The van der Waals surface area contributed by atoms with Gasteiger partial charge in [0, 0.05) is 12.2 Å². The molecule has 3 rings (SSSR count). The molecule has 5 nitrogen and oxygen atoms in total. The van der Waals surface area contributed by atoms with Crippen LogP contribution in [-0.4, -0.2) is 41.2 Å². The van der Waals surface area contributed by atoms with Crippen molar-refractivity contribution in [2.75, 3.05) is 18.4 Å². The van der Waals surface area contributed by atoms with E-state index in [9.17, 15) is 23.1 Å². The van der Waals surface area contributed by atoms with E-state index in [1.54, 1.807) is 24.3 Å². The predicted octanol–water partition coefficient (Wildman–Crippen LogP) is 3.64. The monoisotopic (exact) mass is 380 g/mol. The third-order valence-corrected chi connectivity index (χ3v) is 4.25. The number of rotatable bonds is 4. The summed E-state index contributed by atoms with van der Waals surface area (Å²) < 4.78 is 45.6. The quantitative estimate of drug-likeness (QED) is 0.851. The lowest BCUT2D eigenvalue weighted by Gasteiger charge is -2.35. The molecule has 0 spiro atoms. The predicted molar refractivity (Wildman–Crippen MR) is 93.3 cm³/mol. The Morgan fingerprint density at radius 2 is 2.00 bits per heavy atom. The molecule has 1 aliphatic rings. The van der Waals surface area contributed by atoms with E-state index in [0.29, 0.717) is 11.4 Å². The SMILES string of the molecule is O=C(Nc1cccc(COc2ccc(F)cc2)c1)N1CCC(O)C(F)(F)C1. The number of anilines is 1. The number of nitrogens with zero attached hydrogens (tertiary/aromatic N) is 1. The lowest BCUT2D eigenvalue weighted by molar-refractivity contribution is -0.140. The summed E-state index contributed by atoms with van der Waals surface area (Å²) in [5.74, 6) is -3.18. The second-order valence-corrected chi connectivity index (χ2v) is 6.36. The zero-order valence-corrected chi connectivity index (χ0v) is 14.4. The van der Waals surface area contributed by atoms with Crippen LogP contribution in [0, 0.1) is 5.82 Å². The molecule has 27 heavy (non-hydrogen) atoms. The largest absolute Gasteiger partial charge is 0.489 e. The summed E-state index contributed by atoms with van der Waals surface area (Å²) in [6.45, 7) is -0.577. The van der Waals surface area contributed by atoms with Gasteiger partial charge in [-0.15, -0.1) is 0 Å². The molecule has 0 radical (unpaired) electrons. The van der Waals surface area contributed by atoms with Crippen LogP contribution in [-0.2, 0) is 6.61 Å².